The van der Waals surface area contributed by atoms with Gasteiger partial charge in [0.2, 0.25) is 0 Å². The molecule has 1 aromatic carbocycles. The van der Waals surface area contributed by atoms with Gasteiger partial charge in [0, 0.05) is 23.7 Å². The quantitative estimate of drug-likeness (QED) is 0.472. The van der Waals surface area contributed by atoms with Crippen LogP contribution in [-0.2, 0) is 12.3 Å². The van der Waals surface area contributed by atoms with E-state index < -0.39 is 0 Å². The van der Waals surface area contributed by atoms with Gasteiger partial charge in [-0.15, -0.1) is 10.2 Å². The lowest BCUT2D eigenvalue weighted by atomic mass is 10.2. The Kier molecular flexibility index (Phi) is 4.99. The maximum atomic E-state index is 8.92. The number of thioether (sulfide) groups is 1. The molecule has 0 unspecified atom stereocenters. The van der Waals surface area contributed by atoms with E-state index in [-0.39, 0.29) is 0 Å². The molecule has 6 nitrogen and oxygen atoms in total. The molecule has 0 amide bonds. The lowest BCUT2D eigenvalue weighted by Gasteiger charge is -2.09. The third-order valence-corrected chi connectivity index (χ3v) is 5.04. The third-order valence-electron chi connectivity index (χ3n) is 4.00. The number of nitriles is 1. The zero-order chi connectivity index (χ0) is 18.5. The lowest BCUT2D eigenvalue weighted by Crippen LogP contribution is -2.03. The predicted octanol–water partition coefficient (Wildman–Crippen LogP) is 4.15. The summed E-state index contributed by atoms with van der Waals surface area (Å²) in [5.41, 5.74) is 2.73. The Morgan fingerprint density at radius 3 is 2.56 bits per heavy atom. The maximum Gasteiger partial charge on any atom is 0.192 e. The minimum Gasteiger partial charge on any atom is -0.467 e. The second-order valence-electron chi connectivity index (χ2n) is 5.80. The van der Waals surface area contributed by atoms with E-state index >= 15 is 0 Å². The van der Waals surface area contributed by atoms with Crippen molar-refractivity contribution in [3.63, 3.8) is 0 Å². The summed E-state index contributed by atoms with van der Waals surface area (Å²) >= 11 is 1.60. The van der Waals surface area contributed by atoms with Gasteiger partial charge in [0.25, 0.3) is 0 Å². The molecule has 0 saturated heterocycles. The highest BCUT2D eigenvalue weighted by molar-refractivity contribution is 7.98. The molecule has 3 aromatic heterocycles. The van der Waals surface area contributed by atoms with Crippen LogP contribution in [0, 0.1) is 11.3 Å². The number of nitrogens with zero attached hydrogens (tertiary/aromatic N) is 5. The Morgan fingerprint density at radius 1 is 1.04 bits per heavy atom. The van der Waals surface area contributed by atoms with Crippen molar-refractivity contribution >= 4 is 11.8 Å². The first-order valence-electron chi connectivity index (χ1n) is 8.31. The van der Waals surface area contributed by atoms with Gasteiger partial charge in [-0.25, -0.2) is 0 Å². The van der Waals surface area contributed by atoms with Gasteiger partial charge < -0.3 is 4.42 Å². The van der Waals surface area contributed by atoms with Gasteiger partial charge in [-0.1, -0.05) is 23.9 Å². The van der Waals surface area contributed by atoms with Crippen molar-refractivity contribution < 1.29 is 4.42 Å². The van der Waals surface area contributed by atoms with Crippen LogP contribution >= 0.6 is 11.8 Å². The Morgan fingerprint density at radius 2 is 1.85 bits per heavy atom. The number of aromatic nitrogens is 4. The van der Waals surface area contributed by atoms with Crippen molar-refractivity contribution in [2.45, 2.75) is 17.5 Å². The summed E-state index contributed by atoms with van der Waals surface area (Å²) in [5.74, 6) is 2.35. The smallest absolute Gasteiger partial charge is 0.192 e. The third kappa shape index (κ3) is 3.91. The molecule has 0 saturated carbocycles. The fraction of sp³-hybridized carbons (Fsp3) is 0.100. The van der Waals surface area contributed by atoms with E-state index in [1.54, 1.807) is 30.4 Å². The van der Waals surface area contributed by atoms with Crippen LogP contribution in [0.25, 0.3) is 11.4 Å². The van der Waals surface area contributed by atoms with Crippen LogP contribution in [-0.4, -0.2) is 19.7 Å². The van der Waals surface area contributed by atoms with E-state index in [9.17, 15) is 0 Å². The number of furan rings is 1. The van der Waals surface area contributed by atoms with Gasteiger partial charge in [-0.2, -0.15) is 5.26 Å². The highest BCUT2D eigenvalue weighted by atomic mass is 32.2. The molecule has 3 heterocycles. The van der Waals surface area contributed by atoms with Crippen LogP contribution in [0.5, 0.6) is 0 Å². The number of benzene rings is 1. The Hall–Kier alpha value is -3.37. The Bertz CT molecular complexity index is 1050. The molecule has 4 rings (SSSR count). The molecule has 0 aliphatic heterocycles. The monoisotopic (exact) mass is 373 g/mol. The van der Waals surface area contributed by atoms with E-state index in [0.29, 0.717) is 12.1 Å². The molecule has 0 aliphatic carbocycles. The molecule has 0 N–H and O–H groups in total. The van der Waals surface area contributed by atoms with Crippen molar-refractivity contribution in [1.82, 2.24) is 19.7 Å². The predicted molar refractivity (Wildman–Crippen MR) is 102 cm³/mol. The highest BCUT2D eigenvalue weighted by Crippen LogP contribution is 2.27. The lowest BCUT2D eigenvalue weighted by molar-refractivity contribution is 0.485. The van der Waals surface area contributed by atoms with Crippen LogP contribution < -0.4 is 0 Å². The first-order chi connectivity index (χ1) is 13.3. The zero-order valence-corrected chi connectivity index (χ0v) is 15.1. The van der Waals surface area contributed by atoms with Crippen molar-refractivity contribution in [1.29, 1.82) is 5.26 Å². The Labute approximate surface area is 160 Å². The van der Waals surface area contributed by atoms with E-state index in [0.717, 1.165) is 33.6 Å². The van der Waals surface area contributed by atoms with Crippen LogP contribution in [0.15, 0.2) is 76.8 Å². The van der Waals surface area contributed by atoms with Crippen LogP contribution in [0.1, 0.15) is 16.9 Å². The summed E-state index contributed by atoms with van der Waals surface area (Å²) in [6.45, 7) is 0.549. The van der Waals surface area contributed by atoms with E-state index in [1.807, 2.05) is 53.1 Å². The van der Waals surface area contributed by atoms with Crippen molar-refractivity contribution in [2.75, 3.05) is 0 Å². The van der Waals surface area contributed by atoms with Gasteiger partial charge in [0.1, 0.15) is 5.76 Å². The van der Waals surface area contributed by atoms with Gasteiger partial charge in [0.15, 0.2) is 11.0 Å². The molecule has 0 spiro atoms. The average Bonchev–Trinajstić information content (AvgIpc) is 3.38. The van der Waals surface area contributed by atoms with Crippen molar-refractivity contribution in [3.8, 4) is 17.5 Å². The molecular formula is C20H15N5OS. The summed E-state index contributed by atoms with van der Waals surface area (Å²) in [5, 5.41) is 18.5. The summed E-state index contributed by atoms with van der Waals surface area (Å²) in [6.07, 6.45) is 5.14. The Balaban J connectivity index is 1.61. The number of rotatable bonds is 6. The number of pyridine rings is 1. The summed E-state index contributed by atoms with van der Waals surface area (Å²) in [4.78, 5) is 4.07. The van der Waals surface area contributed by atoms with Gasteiger partial charge in [-0.05, 0) is 42.0 Å². The first-order valence-corrected chi connectivity index (χ1v) is 9.30. The summed E-state index contributed by atoms with van der Waals surface area (Å²) < 4.78 is 7.56. The molecular weight excluding hydrogens is 358 g/mol. The summed E-state index contributed by atoms with van der Waals surface area (Å²) in [7, 11) is 0. The zero-order valence-electron chi connectivity index (χ0n) is 14.3. The van der Waals surface area contributed by atoms with Gasteiger partial charge in [0.05, 0.1) is 24.4 Å². The van der Waals surface area contributed by atoms with Gasteiger partial charge >= 0.3 is 0 Å². The highest BCUT2D eigenvalue weighted by Gasteiger charge is 2.16. The normalized spacial score (nSPS) is 10.6. The molecule has 0 radical (unpaired) electrons. The van der Waals surface area contributed by atoms with Crippen molar-refractivity contribution in [2.24, 2.45) is 0 Å². The molecule has 7 heteroatoms. The minimum absolute atomic E-state index is 0.549. The van der Waals surface area contributed by atoms with E-state index in [2.05, 4.69) is 21.3 Å². The van der Waals surface area contributed by atoms with Crippen molar-refractivity contribution in [3.05, 3.63) is 84.1 Å². The second-order valence-corrected chi connectivity index (χ2v) is 6.75. The first kappa shape index (κ1) is 17.1. The average molecular weight is 373 g/mol. The minimum atomic E-state index is 0.549. The van der Waals surface area contributed by atoms with Gasteiger partial charge in [-0.3, -0.25) is 9.55 Å². The number of hydrogen-bond donors (Lipinski definition) is 0. The van der Waals surface area contributed by atoms with E-state index in [4.69, 9.17) is 9.68 Å². The summed E-state index contributed by atoms with van der Waals surface area (Å²) in [6, 6.07) is 17.3. The molecule has 0 aliphatic rings. The molecule has 0 atom stereocenters. The van der Waals surface area contributed by atoms with Crippen LogP contribution in [0.2, 0.25) is 0 Å². The maximum absolute atomic E-state index is 8.92. The number of hydrogen-bond acceptors (Lipinski definition) is 6. The molecule has 132 valence electrons. The molecule has 0 fully saturated rings. The second kappa shape index (κ2) is 7.89. The fourth-order valence-electron chi connectivity index (χ4n) is 2.63. The SMILES string of the molecule is N#Cc1ccc(CSc2nnc(-c3ccncc3)n2Cc2ccco2)cc1. The fourth-order valence-corrected chi connectivity index (χ4v) is 3.53. The molecule has 4 aromatic rings. The largest absolute Gasteiger partial charge is 0.467 e. The molecule has 27 heavy (non-hydrogen) atoms. The topological polar surface area (TPSA) is 80.5 Å². The standard InChI is InChI=1S/C20H15N5OS/c21-12-15-3-5-16(6-4-15)14-27-20-24-23-19(17-7-9-22-10-8-17)25(20)13-18-2-1-11-26-18/h1-11H,13-14H2. The molecule has 0 bridgehead atoms. The van der Waals surface area contributed by atoms with Crippen LogP contribution in [0.4, 0.5) is 0 Å². The van der Waals surface area contributed by atoms with Crippen LogP contribution in [0.3, 0.4) is 0 Å². The van der Waals surface area contributed by atoms with E-state index in [1.165, 1.54) is 0 Å².